The molecule has 0 saturated carbocycles. The zero-order valence-electron chi connectivity index (χ0n) is 17.6. The van der Waals surface area contributed by atoms with Crippen molar-refractivity contribution < 1.29 is 9.21 Å². The van der Waals surface area contributed by atoms with Gasteiger partial charge in [-0.2, -0.15) is 0 Å². The van der Waals surface area contributed by atoms with Gasteiger partial charge in [0.25, 0.3) is 5.91 Å². The van der Waals surface area contributed by atoms with E-state index < -0.39 is 0 Å². The predicted molar refractivity (Wildman–Crippen MR) is 124 cm³/mol. The average Bonchev–Trinajstić information content (AvgIpc) is 3.41. The lowest BCUT2D eigenvalue weighted by molar-refractivity contribution is 0.0657. The number of aliphatic imine (C=N–C) groups is 1. The number of furan rings is 1. The summed E-state index contributed by atoms with van der Waals surface area (Å²) in [5.74, 6) is 3.86. The Kier molecular flexibility index (Phi) is 7.73. The molecule has 1 N–H and O–H groups in total. The normalized spacial score (nSPS) is 19.3. The molecule has 0 aromatic carbocycles. The van der Waals surface area contributed by atoms with E-state index in [-0.39, 0.29) is 29.9 Å². The molecule has 0 spiro atoms. The van der Waals surface area contributed by atoms with E-state index in [0.29, 0.717) is 24.8 Å². The van der Waals surface area contributed by atoms with E-state index in [1.165, 1.54) is 6.26 Å². The van der Waals surface area contributed by atoms with Crippen LogP contribution in [0.3, 0.4) is 0 Å². The number of nitrogens with zero attached hydrogens (tertiary/aromatic N) is 6. The number of piperazine rings is 1. The number of carbonyl (C=O) groups excluding carboxylic acids is 1. The van der Waals surface area contributed by atoms with Gasteiger partial charge < -0.3 is 24.1 Å². The first-order chi connectivity index (χ1) is 14.2. The number of guanidine groups is 1. The highest BCUT2D eigenvalue weighted by Crippen LogP contribution is 2.20. The number of carbonyl (C=O) groups is 1. The second kappa shape index (κ2) is 10.3. The molecule has 1 amide bonds. The van der Waals surface area contributed by atoms with Crippen LogP contribution in [0, 0.1) is 12.8 Å². The molecule has 9 nitrogen and oxygen atoms in total. The van der Waals surface area contributed by atoms with Crippen LogP contribution in [0.25, 0.3) is 0 Å². The SMILES string of the molecule is CCNC(=NCC1CCc2nnc(C)n2C1)N1CCN(C(=O)c2ccco2)CC1.I. The van der Waals surface area contributed by atoms with Gasteiger partial charge in [0.2, 0.25) is 0 Å². The second-order valence-corrected chi connectivity index (χ2v) is 7.63. The monoisotopic (exact) mass is 527 g/mol. The minimum absolute atomic E-state index is 0. The molecule has 2 aliphatic heterocycles. The van der Waals surface area contributed by atoms with Crippen LogP contribution in [0.5, 0.6) is 0 Å². The van der Waals surface area contributed by atoms with Gasteiger partial charge in [0.15, 0.2) is 11.7 Å². The number of halogens is 1. The van der Waals surface area contributed by atoms with Crippen LogP contribution in [0.4, 0.5) is 0 Å². The lowest BCUT2D eigenvalue weighted by Crippen LogP contribution is -2.53. The summed E-state index contributed by atoms with van der Waals surface area (Å²) >= 11 is 0. The summed E-state index contributed by atoms with van der Waals surface area (Å²) in [4.78, 5) is 21.5. The summed E-state index contributed by atoms with van der Waals surface area (Å²) < 4.78 is 7.46. The number of rotatable bonds is 4. The highest BCUT2D eigenvalue weighted by Gasteiger charge is 2.26. The van der Waals surface area contributed by atoms with Crippen molar-refractivity contribution >= 4 is 35.8 Å². The summed E-state index contributed by atoms with van der Waals surface area (Å²) in [6, 6.07) is 3.46. The first-order valence-electron chi connectivity index (χ1n) is 10.4. The van der Waals surface area contributed by atoms with E-state index in [0.717, 1.165) is 63.2 Å². The summed E-state index contributed by atoms with van der Waals surface area (Å²) in [5, 5.41) is 11.8. The summed E-state index contributed by atoms with van der Waals surface area (Å²) in [6.07, 6.45) is 3.59. The third kappa shape index (κ3) is 4.96. The summed E-state index contributed by atoms with van der Waals surface area (Å²) in [7, 11) is 0. The van der Waals surface area contributed by atoms with Crippen molar-refractivity contribution in [1.29, 1.82) is 0 Å². The van der Waals surface area contributed by atoms with Crippen molar-refractivity contribution in [3.05, 3.63) is 35.8 Å². The van der Waals surface area contributed by atoms with Crippen molar-refractivity contribution in [2.45, 2.75) is 33.2 Å². The zero-order valence-corrected chi connectivity index (χ0v) is 19.9. The molecule has 4 rings (SSSR count). The molecule has 1 saturated heterocycles. The van der Waals surface area contributed by atoms with Gasteiger partial charge in [-0.25, -0.2) is 0 Å². The van der Waals surface area contributed by atoms with Gasteiger partial charge >= 0.3 is 0 Å². The maximum atomic E-state index is 12.5. The molecule has 2 aromatic rings. The van der Waals surface area contributed by atoms with Gasteiger partial charge in [-0.05, 0) is 38.3 Å². The molecule has 30 heavy (non-hydrogen) atoms. The topological polar surface area (TPSA) is 91.8 Å². The van der Waals surface area contributed by atoms with Gasteiger partial charge in [-0.1, -0.05) is 0 Å². The molecular weight excluding hydrogens is 497 g/mol. The number of nitrogens with one attached hydrogen (secondary N) is 1. The van der Waals surface area contributed by atoms with Gasteiger partial charge in [-0.3, -0.25) is 9.79 Å². The minimum atomic E-state index is -0.0427. The van der Waals surface area contributed by atoms with E-state index in [4.69, 9.17) is 9.41 Å². The minimum Gasteiger partial charge on any atom is -0.459 e. The van der Waals surface area contributed by atoms with Gasteiger partial charge in [-0.15, -0.1) is 34.2 Å². The van der Waals surface area contributed by atoms with E-state index in [1.807, 2.05) is 11.8 Å². The quantitative estimate of drug-likeness (QED) is 0.371. The molecule has 0 bridgehead atoms. The number of aromatic nitrogens is 3. The first kappa shape index (κ1) is 22.6. The Balaban J connectivity index is 0.00000256. The lowest BCUT2D eigenvalue weighted by Gasteiger charge is -2.36. The molecule has 1 atom stereocenters. The summed E-state index contributed by atoms with van der Waals surface area (Å²) in [5.41, 5.74) is 0. The van der Waals surface area contributed by atoms with Crippen molar-refractivity contribution in [2.75, 3.05) is 39.3 Å². The fourth-order valence-electron chi connectivity index (χ4n) is 4.00. The van der Waals surface area contributed by atoms with Crippen molar-refractivity contribution in [1.82, 2.24) is 29.9 Å². The molecular formula is C20H30IN7O2. The highest BCUT2D eigenvalue weighted by atomic mass is 127. The van der Waals surface area contributed by atoms with Gasteiger partial charge in [0.05, 0.1) is 6.26 Å². The van der Waals surface area contributed by atoms with Crippen LogP contribution in [0.15, 0.2) is 27.8 Å². The maximum absolute atomic E-state index is 12.5. The smallest absolute Gasteiger partial charge is 0.289 e. The Bertz CT molecular complexity index is 857. The standard InChI is InChI=1S/C20H29N7O2.HI/c1-3-21-20(22-13-16-6-7-18-24-23-15(2)27(18)14-16)26-10-8-25(9-11-26)19(28)17-5-4-12-29-17;/h4-5,12,16H,3,6-11,13-14H2,1-2H3,(H,21,22);1H. The Morgan fingerprint density at radius 1 is 1.27 bits per heavy atom. The highest BCUT2D eigenvalue weighted by molar-refractivity contribution is 14.0. The van der Waals surface area contributed by atoms with Crippen LogP contribution in [0.2, 0.25) is 0 Å². The molecule has 1 fully saturated rings. The zero-order chi connectivity index (χ0) is 20.2. The van der Waals surface area contributed by atoms with E-state index in [9.17, 15) is 4.79 Å². The van der Waals surface area contributed by atoms with Crippen LogP contribution in [-0.4, -0.2) is 75.7 Å². The maximum Gasteiger partial charge on any atom is 0.289 e. The van der Waals surface area contributed by atoms with Crippen molar-refractivity contribution in [2.24, 2.45) is 10.9 Å². The van der Waals surface area contributed by atoms with E-state index in [2.05, 4.69) is 31.9 Å². The molecule has 4 heterocycles. The fourth-order valence-corrected chi connectivity index (χ4v) is 4.00. The third-order valence-corrected chi connectivity index (χ3v) is 5.66. The van der Waals surface area contributed by atoms with Crippen LogP contribution < -0.4 is 5.32 Å². The molecule has 10 heteroatoms. The van der Waals surface area contributed by atoms with Crippen molar-refractivity contribution in [3.63, 3.8) is 0 Å². The Labute approximate surface area is 193 Å². The number of hydrogen-bond acceptors (Lipinski definition) is 5. The van der Waals surface area contributed by atoms with Gasteiger partial charge in [0.1, 0.15) is 11.6 Å². The first-order valence-corrected chi connectivity index (χ1v) is 10.4. The molecule has 1 unspecified atom stereocenters. The number of fused-ring (bicyclic) bond motifs is 1. The van der Waals surface area contributed by atoms with Crippen LogP contribution >= 0.6 is 24.0 Å². The third-order valence-electron chi connectivity index (χ3n) is 5.66. The molecule has 2 aromatic heterocycles. The van der Waals surface area contributed by atoms with E-state index in [1.54, 1.807) is 12.1 Å². The largest absolute Gasteiger partial charge is 0.459 e. The Hall–Kier alpha value is -2.11. The number of hydrogen-bond donors (Lipinski definition) is 1. The van der Waals surface area contributed by atoms with Crippen molar-refractivity contribution in [3.8, 4) is 0 Å². The molecule has 2 aliphatic rings. The summed E-state index contributed by atoms with van der Waals surface area (Å²) in [6.45, 7) is 9.48. The Morgan fingerprint density at radius 3 is 2.73 bits per heavy atom. The fraction of sp³-hybridized carbons (Fsp3) is 0.600. The lowest BCUT2D eigenvalue weighted by atomic mass is 9.99. The second-order valence-electron chi connectivity index (χ2n) is 7.63. The number of aryl methyl sites for hydroxylation is 2. The molecule has 0 radical (unpaired) electrons. The number of amides is 1. The van der Waals surface area contributed by atoms with Gasteiger partial charge in [0, 0.05) is 52.2 Å². The average molecular weight is 527 g/mol. The van der Waals surface area contributed by atoms with Crippen LogP contribution in [-0.2, 0) is 13.0 Å². The molecule has 164 valence electrons. The van der Waals surface area contributed by atoms with E-state index >= 15 is 0 Å². The van der Waals surface area contributed by atoms with Crippen LogP contribution in [0.1, 0.15) is 35.5 Å². The molecule has 0 aliphatic carbocycles. The Morgan fingerprint density at radius 2 is 2.03 bits per heavy atom. The predicted octanol–water partition coefficient (Wildman–Crippen LogP) is 1.78.